The van der Waals surface area contributed by atoms with E-state index in [1.54, 1.807) is 0 Å². The zero-order valence-electron chi connectivity index (χ0n) is 9.27. The fraction of sp³-hybridized carbons (Fsp3) is 0.364. The van der Waals surface area contributed by atoms with E-state index < -0.39 is 0 Å². The molecule has 0 saturated carbocycles. The van der Waals surface area contributed by atoms with Crippen LogP contribution < -0.4 is 10.3 Å². The maximum Gasteiger partial charge on any atom is 0.145 e. The minimum Gasteiger partial charge on any atom is -0.369 e. The molecule has 0 amide bonds. The van der Waals surface area contributed by atoms with Crippen LogP contribution in [0.3, 0.4) is 0 Å². The van der Waals surface area contributed by atoms with Gasteiger partial charge in [0.25, 0.3) is 0 Å². The van der Waals surface area contributed by atoms with Crippen LogP contribution in [0.15, 0.2) is 24.3 Å². The number of piperazine rings is 1. The van der Waals surface area contributed by atoms with Crippen molar-refractivity contribution in [2.45, 2.75) is 0 Å². The molecule has 0 aliphatic carbocycles. The smallest absolute Gasteiger partial charge is 0.145 e. The highest BCUT2D eigenvalue weighted by Gasteiger charge is 2.16. The first-order chi connectivity index (χ1) is 8.15. The number of thiocarbonyl (C=S) groups is 1. The molecule has 1 saturated heterocycles. The van der Waals surface area contributed by atoms with Crippen LogP contribution >= 0.6 is 36.4 Å². The zero-order valence-corrected chi connectivity index (χ0v) is 11.7. The molecule has 1 heterocycles. The third kappa shape index (κ3) is 3.74. The van der Waals surface area contributed by atoms with Crippen LogP contribution in [-0.2, 0) is 0 Å². The summed E-state index contributed by atoms with van der Waals surface area (Å²) in [7, 11) is 0. The number of hydrazine groups is 1. The summed E-state index contributed by atoms with van der Waals surface area (Å²) in [4.78, 5) is 2.33. The Hall–Kier alpha value is -0.490. The number of thiol groups is 1. The number of halogens is 1. The second kappa shape index (κ2) is 5.91. The maximum atomic E-state index is 5.87. The summed E-state index contributed by atoms with van der Waals surface area (Å²) in [5, 5.41) is 2.86. The van der Waals surface area contributed by atoms with Gasteiger partial charge in [0.1, 0.15) is 4.32 Å². The number of hydrogen-bond donors (Lipinski definition) is 2. The lowest BCUT2D eigenvalue weighted by Crippen LogP contribution is -2.52. The SMILES string of the molecule is S=C(S)NN1CCN(c2ccc(Cl)cc2)CC1. The molecular formula is C11H14ClN3S2. The van der Waals surface area contributed by atoms with Gasteiger partial charge in [0.15, 0.2) is 0 Å². The molecule has 0 atom stereocenters. The van der Waals surface area contributed by atoms with E-state index in [1.165, 1.54) is 5.69 Å². The quantitative estimate of drug-likeness (QED) is 0.641. The van der Waals surface area contributed by atoms with Gasteiger partial charge in [0.2, 0.25) is 0 Å². The number of anilines is 1. The van der Waals surface area contributed by atoms with Crippen molar-refractivity contribution in [2.75, 3.05) is 31.1 Å². The molecule has 0 bridgehead atoms. The number of hydrogen-bond acceptors (Lipinski definition) is 3. The van der Waals surface area contributed by atoms with E-state index in [1.807, 2.05) is 12.1 Å². The number of benzene rings is 1. The molecule has 1 aliphatic rings. The van der Waals surface area contributed by atoms with E-state index in [9.17, 15) is 0 Å². The van der Waals surface area contributed by atoms with E-state index >= 15 is 0 Å². The molecular weight excluding hydrogens is 274 g/mol. The molecule has 0 unspecified atom stereocenters. The van der Waals surface area contributed by atoms with Crippen molar-refractivity contribution in [2.24, 2.45) is 0 Å². The van der Waals surface area contributed by atoms with Crippen LogP contribution in [0, 0.1) is 0 Å². The van der Waals surface area contributed by atoms with Gasteiger partial charge in [-0.3, -0.25) is 0 Å². The average molecular weight is 288 g/mol. The first kappa shape index (κ1) is 13.0. The minimum absolute atomic E-state index is 0.518. The Morgan fingerprint density at radius 1 is 1.18 bits per heavy atom. The summed E-state index contributed by atoms with van der Waals surface area (Å²) in [5.74, 6) is 0. The van der Waals surface area contributed by atoms with Crippen LogP contribution in [0.25, 0.3) is 0 Å². The van der Waals surface area contributed by atoms with Crippen molar-refractivity contribution in [3.63, 3.8) is 0 Å². The molecule has 1 fully saturated rings. The lowest BCUT2D eigenvalue weighted by molar-refractivity contribution is 0.225. The summed E-state index contributed by atoms with van der Waals surface area (Å²) < 4.78 is 0.518. The van der Waals surface area contributed by atoms with Crippen molar-refractivity contribution in [3.8, 4) is 0 Å². The maximum absolute atomic E-state index is 5.87. The van der Waals surface area contributed by atoms with Crippen molar-refractivity contribution in [1.29, 1.82) is 0 Å². The van der Waals surface area contributed by atoms with Gasteiger partial charge < -0.3 is 10.3 Å². The van der Waals surface area contributed by atoms with Crippen molar-refractivity contribution < 1.29 is 0 Å². The Balaban J connectivity index is 1.90. The Labute approximate surface area is 117 Å². The molecule has 0 spiro atoms. The van der Waals surface area contributed by atoms with Crippen LogP contribution in [0.5, 0.6) is 0 Å². The zero-order chi connectivity index (χ0) is 12.3. The summed E-state index contributed by atoms with van der Waals surface area (Å²) >= 11 is 14.8. The number of nitrogens with one attached hydrogen (secondary N) is 1. The third-order valence-electron chi connectivity index (χ3n) is 2.73. The monoisotopic (exact) mass is 287 g/mol. The first-order valence-corrected chi connectivity index (χ1v) is 6.63. The second-order valence-corrected chi connectivity index (χ2v) is 5.46. The van der Waals surface area contributed by atoms with Crippen LogP contribution in [0.1, 0.15) is 0 Å². The standard InChI is InChI=1S/C11H14ClN3S2/c12-9-1-3-10(4-2-9)14-5-7-15(8-6-14)13-11(16)17/h1-4H,5-8H2,(H2,13,16,17). The van der Waals surface area contributed by atoms with Gasteiger partial charge in [-0.05, 0) is 24.3 Å². The topological polar surface area (TPSA) is 18.5 Å². The lowest BCUT2D eigenvalue weighted by Gasteiger charge is -2.36. The van der Waals surface area contributed by atoms with Gasteiger partial charge in [-0.1, -0.05) is 23.8 Å². The average Bonchev–Trinajstić information content (AvgIpc) is 2.30. The molecule has 1 aromatic rings. The lowest BCUT2D eigenvalue weighted by atomic mass is 10.2. The van der Waals surface area contributed by atoms with E-state index in [-0.39, 0.29) is 0 Å². The van der Waals surface area contributed by atoms with Crippen LogP contribution in [-0.4, -0.2) is 35.5 Å². The van der Waals surface area contributed by atoms with Gasteiger partial charge in [-0.2, -0.15) is 0 Å². The normalized spacial score (nSPS) is 16.9. The van der Waals surface area contributed by atoms with Gasteiger partial charge in [0.05, 0.1) is 0 Å². The van der Waals surface area contributed by atoms with Crippen LogP contribution in [0.2, 0.25) is 5.02 Å². The fourth-order valence-corrected chi connectivity index (χ4v) is 2.26. The highest BCUT2D eigenvalue weighted by molar-refractivity contribution is 8.11. The van der Waals surface area contributed by atoms with Crippen LogP contribution in [0.4, 0.5) is 5.69 Å². The second-order valence-electron chi connectivity index (χ2n) is 3.87. The van der Waals surface area contributed by atoms with Crippen molar-refractivity contribution in [3.05, 3.63) is 29.3 Å². The van der Waals surface area contributed by atoms with E-state index in [0.29, 0.717) is 4.32 Å². The van der Waals surface area contributed by atoms with E-state index in [4.69, 9.17) is 23.8 Å². The summed E-state index contributed by atoms with van der Waals surface area (Å²) in [6, 6.07) is 7.94. The van der Waals surface area contributed by atoms with Crippen molar-refractivity contribution >= 4 is 46.5 Å². The highest BCUT2D eigenvalue weighted by Crippen LogP contribution is 2.18. The molecule has 0 radical (unpaired) electrons. The molecule has 1 aliphatic heterocycles. The van der Waals surface area contributed by atoms with Gasteiger partial charge in [-0.15, -0.1) is 12.6 Å². The Kier molecular flexibility index (Phi) is 4.50. The van der Waals surface area contributed by atoms with E-state index in [0.717, 1.165) is 31.2 Å². The fourth-order valence-electron chi connectivity index (χ4n) is 1.86. The molecule has 1 N–H and O–H groups in total. The molecule has 0 aromatic heterocycles. The van der Waals surface area contributed by atoms with Gasteiger partial charge in [0, 0.05) is 36.9 Å². The minimum atomic E-state index is 0.518. The highest BCUT2D eigenvalue weighted by atomic mass is 35.5. The number of rotatable bonds is 2. The Morgan fingerprint density at radius 3 is 2.29 bits per heavy atom. The Morgan fingerprint density at radius 2 is 1.76 bits per heavy atom. The first-order valence-electron chi connectivity index (χ1n) is 5.40. The summed E-state index contributed by atoms with van der Waals surface area (Å²) in [6.07, 6.45) is 0. The van der Waals surface area contributed by atoms with Gasteiger partial charge >= 0.3 is 0 Å². The van der Waals surface area contributed by atoms with Crippen molar-refractivity contribution in [1.82, 2.24) is 10.4 Å². The predicted molar refractivity (Wildman–Crippen MR) is 80.0 cm³/mol. The summed E-state index contributed by atoms with van der Waals surface area (Å²) in [5.41, 5.74) is 4.25. The molecule has 3 nitrogen and oxygen atoms in total. The Bertz CT molecular complexity index is 388. The molecule has 2 rings (SSSR count). The molecule has 6 heteroatoms. The van der Waals surface area contributed by atoms with E-state index in [2.05, 4.69) is 40.1 Å². The summed E-state index contributed by atoms with van der Waals surface area (Å²) in [6.45, 7) is 3.77. The molecule has 92 valence electrons. The largest absolute Gasteiger partial charge is 0.369 e. The number of nitrogens with zero attached hydrogens (tertiary/aromatic N) is 2. The predicted octanol–water partition coefficient (Wildman–Crippen LogP) is 2.18. The van der Waals surface area contributed by atoms with Gasteiger partial charge in [-0.25, -0.2) is 5.01 Å². The molecule has 17 heavy (non-hydrogen) atoms. The third-order valence-corrected chi connectivity index (χ3v) is 3.17. The molecule has 1 aromatic carbocycles.